The zero-order chi connectivity index (χ0) is 27.7. The molecule has 3 rings (SSSR count). The third-order valence-electron chi connectivity index (χ3n) is 5.42. The Kier molecular flexibility index (Phi) is 9.67. The van der Waals surface area contributed by atoms with E-state index in [9.17, 15) is 20.2 Å². The van der Waals surface area contributed by atoms with Crippen LogP contribution in [0.1, 0.15) is 16.7 Å². The number of hydrogen-bond acceptors (Lipinski definition) is 8. The van der Waals surface area contributed by atoms with Crippen molar-refractivity contribution in [3.8, 4) is 29.1 Å². The van der Waals surface area contributed by atoms with Gasteiger partial charge in [-0.05, 0) is 53.6 Å². The van der Waals surface area contributed by atoms with Gasteiger partial charge in [-0.2, -0.15) is 5.26 Å². The molecule has 0 heterocycles. The Hall–Kier alpha value is -4.56. The van der Waals surface area contributed by atoms with E-state index in [2.05, 4.69) is 21.2 Å². The third kappa shape index (κ3) is 7.02. The highest BCUT2D eigenvalue weighted by molar-refractivity contribution is 9.10. The van der Waals surface area contributed by atoms with E-state index in [1.165, 1.54) is 32.4 Å². The summed E-state index contributed by atoms with van der Waals surface area (Å²) in [5.41, 5.74) is 1.86. The molecule has 11 heteroatoms. The van der Waals surface area contributed by atoms with Crippen molar-refractivity contribution in [3.05, 3.63) is 91.4 Å². The van der Waals surface area contributed by atoms with Gasteiger partial charge in [0, 0.05) is 34.8 Å². The van der Waals surface area contributed by atoms with Gasteiger partial charge in [-0.15, -0.1) is 0 Å². The SMILES string of the molecule is COc1ccc(CNC(=O)/C(C#N)=C/c2cc(OC)c(OCc3ccc([N+](=O)[O-])cc3)cc2Br)c(OC)c1. The molecule has 0 saturated carbocycles. The lowest BCUT2D eigenvalue weighted by Gasteiger charge is -2.13. The number of hydrogen-bond donors (Lipinski definition) is 1. The van der Waals surface area contributed by atoms with Crippen LogP contribution in [0, 0.1) is 21.4 Å². The average molecular weight is 582 g/mol. The molecule has 0 bridgehead atoms. The van der Waals surface area contributed by atoms with Crippen LogP contribution in [0.15, 0.2) is 64.6 Å². The molecule has 1 amide bonds. The fraction of sp³-hybridized carbons (Fsp3) is 0.185. The highest BCUT2D eigenvalue weighted by Crippen LogP contribution is 2.35. The summed E-state index contributed by atoms with van der Waals surface area (Å²) in [4.78, 5) is 23.1. The summed E-state index contributed by atoms with van der Waals surface area (Å²) in [7, 11) is 4.53. The largest absolute Gasteiger partial charge is 0.497 e. The highest BCUT2D eigenvalue weighted by atomic mass is 79.9. The summed E-state index contributed by atoms with van der Waals surface area (Å²) in [6, 6.07) is 16.5. The lowest BCUT2D eigenvalue weighted by atomic mass is 10.1. The second kappa shape index (κ2) is 13.1. The number of amides is 1. The van der Waals surface area contributed by atoms with Gasteiger partial charge < -0.3 is 24.3 Å². The van der Waals surface area contributed by atoms with Gasteiger partial charge in [0.05, 0.1) is 26.3 Å². The molecule has 10 nitrogen and oxygen atoms in total. The molecular formula is C27H24BrN3O7. The molecule has 0 spiro atoms. The zero-order valence-corrected chi connectivity index (χ0v) is 22.4. The molecule has 1 N–H and O–H groups in total. The van der Waals surface area contributed by atoms with Gasteiger partial charge in [-0.1, -0.05) is 15.9 Å². The number of benzene rings is 3. The zero-order valence-electron chi connectivity index (χ0n) is 20.8. The van der Waals surface area contributed by atoms with Gasteiger partial charge in [0.15, 0.2) is 11.5 Å². The van der Waals surface area contributed by atoms with Crippen molar-refractivity contribution in [1.29, 1.82) is 5.26 Å². The van der Waals surface area contributed by atoms with Crippen molar-refractivity contribution in [2.75, 3.05) is 21.3 Å². The fourth-order valence-electron chi connectivity index (χ4n) is 3.38. The summed E-state index contributed by atoms with van der Waals surface area (Å²) in [6.45, 7) is 0.293. The van der Waals surface area contributed by atoms with E-state index in [0.717, 1.165) is 11.1 Å². The number of non-ortho nitro benzene ring substituents is 1. The van der Waals surface area contributed by atoms with Gasteiger partial charge in [-0.3, -0.25) is 14.9 Å². The first-order chi connectivity index (χ1) is 18.3. The number of carbonyl (C=O) groups is 1. The van der Waals surface area contributed by atoms with Crippen LogP contribution in [-0.4, -0.2) is 32.2 Å². The molecule has 0 unspecified atom stereocenters. The maximum atomic E-state index is 12.8. The van der Waals surface area contributed by atoms with Crippen LogP contribution in [-0.2, 0) is 17.9 Å². The molecule has 0 aliphatic carbocycles. The lowest BCUT2D eigenvalue weighted by molar-refractivity contribution is -0.384. The first-order valence-corrected chi connectivity index (χ1v) is 11.9. The number of rotatable bonds is 11. The van der Waals surface area contributed by atoms with E-state index < -0.39 is 10.8 Å². The van der Waals surface area contributed by atoms with Crippen LogP contribution >= 0.6 is 15.9 Å². The summed E-state index contributed by atoms with van der Waals surface area (Å²) >= 11 is 3.45. The summed E-state index contributed by atoms with van der Waals surface area (Å²) < 4.78 is 22.4. The summed E-state index contributed by atoms with van der Waals surface area (Å²) in [6.07, 6.45) is 1.44. The van der Waals surface area contributed by atoms with Gasteiger partial charge in [0.2, 0.25) is 0 Å². The predicted octanol–water partition coefficient (Wildman–Crippen LogP) is 5.19. The average Bonchev–Trinajstić information content (AvgIpc) is 2.94. The van der Waals surface area contributed by atoms with Gasteiger partial charge in [0.25, 0.3) is 11.6 Å². The minimum atomic E-state index is -0.560. The number of nitro groups is 1. The monoisotopic (exact) mass is 581 g/mol. The minimum absolute atomic E-state index is 0.00862. The van der Waals surface area contributed by atoms with E-state index >= 15 is 0 Å². The van der Waals surface area contributed by atoms with E-state index in [1.54, 1.807) is 49.6 Å². The summed E-state index contributed by atoms with van der Waals surface area (Å²) in [5.74, 6) is 1.39. The number of carbonyl (C=O) groups excluding carboxylic acids is 1. The van der Waals surface area contributed by atoms with Gasteiger partial charge in [0.1, 0.15) is 29.7 Å². The molecule has 0 saturated heterocycles. The van der Waals surface area contributed by atoms with Crippen LogP contribution < -0.4 is 24.3 Å². The standard InChI is InChI=1S/C27H24BrN3O7/c1-35-22-9-6-18(24(12-22)36-2)15-30-27(32)20(14-29)10-19-11-25(37-3)26(13-23(19)28)38-16-17-4-7-21(8-5-17)31(33)34/h4-13H,15-16H2,1-3H3,(H,30,32)/b20-10+. The molecule has 3 aromatic rings. The normalized spacial score (nSPS) is 10.8. The van der Waals surface area contributed by atoms with E-state index in [0.29, 0.717) is 33.0 Å². The van der Waals surface area contributed by atoms with Gasteiger partial charge in [-0.25, -0.2) is 0 Å². The van der Waals surface area contributed by atoms with Crippen molar-refractivity contribution in [3.63, 3.8) is 0 Å². The van der Waals surface area contributed by atoms with Gasteiger partial charge >= 0.3 is 0 Å². The molecule has 196 valence electrons. The van der Waals surface area contributed by atoms with Crippen molar-refractivity contribution in [2.45, 2.75) is 13.2 Å². The Labute approximate surface area is 227 Å². The maximum Gasteiger partial charge on any atom is 0.269 e. The molecule has 0 aromatic heterocycles. The van der Waals surface area contributed by atoms with Crippen LogP contribution in [0.2, 0.25) is 0 Å². The Bertz CT molecular complexity index is 1400. The van der Waals surface area contributed by atoms with Crippen molar-refractivity contribution < 1.29 is 28.7 Å². The molecule has 0 aliphatic rings. The first kappa shape index (κ1) is 28.0. The number of nitrogens with zero attached hydrogens (tertiary/aromatic N) is 2. The molecular weight excluding hydrogens is 558 g/mol. The molecule has 0 fully saturated rings. The topological polar surface area (TPSA) is 133 Å². The van der Waals surface area contributed by atoms with E-state index in [-0.39, 0.29) is 24.4 Å². The Morgan fingerprint density at radius 1 is 1.03 bits per heavy atom. The summed E-state index contributed by atoms with van der Waals surface area (Å²) in [5, 5.41) is 23.2. The van der Waals surface area contributed by atoms with Crippen molar-refractivity contribution >= 4 is 33.6 Å². The number of ether oxygens (including phenoxy) is 4. The van der Waals surface area contributed by atoms with Crippen LogP contribution in [0.3, 0.4) is 0 Å². The molecule has 3 aromatic carbocycles. The van der Waals surface area contributed by atoms with Crippen LogP contribution in [0.5, 0.6) is 23.0 Å². The lowest BCUT2D eigenvalue weighted by Crippen LogP contribution is -2.24. The fourth-order valence-corrected chi connectivity index (χ4v) is 3.82. The molecule has 0 atom stereocenters. The second-order valence-corrected chi connectivity index (χ2v) is 8.62. The second-order valence-electron chi connectivity index (χ2n) is 7.77. The Morgan fingerprint density at radius 2 is 1.74 bits per heavy atom. The van der Waals surface area contributed by atoms with Crippen LogP contribution in [0.25, 0.3) is 6.08 Å². The van der Waals surface area contributed by atoms with E-state index in [4.69, 9.17) is 18.9 Å². The number of methoxy groups -OCH3 is 3. The molecule has 38 heavy (non-hydrogen) atoms. The molecule has 0 radical (unpaired) electrons. The number of nitrogens with one attached hydrogen (secondary N) is 1. The minimum Gasteiger partial charge on any atom is -0.497 e. The Morgan fingerprint density at radius 3 is 2.34 bits per heavy atom. The maximum absolute atomic E-state index is 12.8. The quantitative estimate of drug-likeness (QED) is 0.142. The number of halogens is 1. The number of nitro benzene ring substituents is 1. The van der Waals surface area contributed by atoms with Crippen LogP contribution in [0.4, 0.5) is 5.69 Å². The predicted molar refractivity (Wildman–Crippen MR) is 143 cm³/mol. The Balaban J connectivity index is 1.74. The van der Waals surface area contributed by atoms with E-state index in [1.807, 2.05) is 6.07 Å². The highest BCUT2D eigenvalue weighted by Gasteiger charge is 2.15. The van der Waals surface area contributed by atoms with Crippen molar-refractivity contribution in [2.24, 2.45) is 0 Å². The molecule has 0 aliphatic heterocycles. The first-order valence-electron chi connectivity index (χ1n) is 11.1. The van der Waals surface area contributed by atoms with Crippen molar-refractivity contribution in [1.82, 2.24) is 5.32 Å². The number of nitriles is 1. The third-order valence-corrected chi connectivity index (χ3v) is 6.11. The smallest absolute Gasteiger partial charge is 0.269 e.